The van der Waals surface area contributed by atoms with Gasteiger partial charge in [-0.2, -0.15) is 0 Å². The minimum atomic E-state index is -1.99. The summed E-state index contributed by atoms with van der Waals surface area (Å²) in [5.41, 5.74) is 0. The number of aliphatic hydroxyl groups excluding tert-OH is 11. The number of amides is 1. The second-order valence-electron chi connectivity index (χ2n) is 22.5. The Morgan fingerprint density at radius 1 is 0.451 bits per heavy atom. The fourth-order valence-corrected chi connectivity index (χ4v) is 10.4. The van der Waals surface area contributed by atoms with Crippen molar-refractivity contribution in [3.05, 3.63) is 60.8 Å². The lowest BCUT2D eigenvalue weighted by Crippen LogP contribution is -2.66. The Morgan fingerprint density at radius 2 is 0.854 bits per heavy atom. The highest BCUT2D eigenvalue weighted by atomic mass is 16.8. The number of carbonyl (C=O) groups excluding carboxylic acids is 1. The molecule has 0 spiro atoms. The van der Waals surface area contributed by atoms with E-state index in [-0.39, 0.29) is 18.9 Å². The summed E-state index contributed by atoms with van der Waals surface area (Å²) in [7, 11) is 0. The van der Waals surface area contributed by atoms with Crippen molar-refractivity contribution in [1.29, 1.82) is 0 Å². The predicted octanol–water partition coefficient (Wildman–Crippen LogP) is 6.43. The lowest BCUT2D eigenvalue weighted by Gasteiger charge is -2.48. The first-order chi connectivity index (χ1) is 39.8. The minimum Gasteiger partial charge on any atom is -0.394 e. The number of allylic oxidation sites excluding steroid dienone is 9. The molecule has 19 nitrogen and oxygen atoms in total. The zero-order valence-electron chi connectivity index (χ0n) is 49.7. The SMILES string of the molecule is CC/C=C\C/C=C\C/C=C\CCCCCC(=O)NC(COC1OC(CO)C(OC2OC(CO)C(OC3OC(CO)C(O)C(O)C3O)C(O)C2O)C(O)C1O)C(O)/C=C/CC/C=C/CCCCCCCCCCCCCCCCCCCC. The summed E-state index contributed by atoms with van der Waals surface area (Å²) >= 11 is 0. The molecule has 17 atom stereocenters. The molecule has 3 fully saturated rings. The summed E-state index contributed by atoms with van der Waals surface area (Å²) < 4.78 is 34.2. The van der Waals surface area contributed by atoms with Crippen molar-refractivity contribution < 1.29 is 89.4 Å². The van der Waals surface area contributed by atoms with Crippen molar-refractivity contribution in [2.24, 2.45) is 0 Å². The van der Waals surface area contributed by atoms with E-state index in [4.69, 9.17) is 28.4 Å². The van der Waals surface area contributed by atoms with Crippen LogP contribution in [-0.4, -0.2) is 193 Å². The van der Waals surface area contributed by atoms with Crippen LogP contribution in [0.1, 0.15) is 200 Å². The third-order valence-electron chi connectivity index (χ3n) is 15.5. The molecule has 12 N–H and O–H groups in total. The number of nitrogens with one attached hydrogen (secondary N) is 1. The van der Waals surface area contributed by atoms with E-state index in [0.29, 0.717) is 12.8 Å². The molecular weight excluding hydrogens is 1060 g/mol. The zero-order chi connectivity index (χ0) is 59.7. The predicted molar refractivity (Wildman–Crippen MR) is 314 cm³/mol. The third-order valence-corrected chi connectivity index (χ3v) is 15.5. The van der Waals surface area contributed by atoms with Gasteiger partial charge in [-0.3, -0.25) is 4.79 Å². The normalized spacial score (nSPS) is 30.0. The molecule has 19 heteroatoms. The summed E-state index contributed by atoms with van der Waals surface area (Å²) in [6, 6.07) is -1.01. The molecule has 0 aromatic rings. The molecule has 3 aliphatic heterocycles. The Hall–Kier alpha value is -2.51. The summed E-state index contributed by atoms with van der Waals surface area (Å²) in [5, 5.41) is 120. The van der Waals surface area contributed by atoms with Crippen molar-refractivity contribution in [1.82, 2.24) is 5.32 Å². The van der Waals surface area contributed by atoms with Crippen molar-refractivity contribution in [2.45, 2.75) is 304 Å². The maximum Gasteiger partial charge on any atom is 0.220 e. The first-order valence-corrected chi connectivity index (χ1v) is 31.5. The van der Waals surface area contributed by atoms with Gasteiger partial charge >= 0.3 is 0 Å². The van der Waals surface area contributed by atoms with Gasteiger partial charge in [-0.05, 0) is 64.2 Å². The van der Waals surface area contributed by atoms with Gasteiger partial charge in [0.05, 0.1) is 38.6 Å². The highest BCUT2D eigenvalue weighted by Gasteiger charge is 2.53. The Morgan fingerprint density at radius 3 is 1.37 bits per heavy atom. The Balaban J connectivity index is 1.48. The van der Waals surface area contributed by atoms with Gasteiger partial charge < -0.3 is 89.9 Å². The van der Waals surface area contributed by atoms with E-state index in [2.05, 4.69) is 67.8 Å². The van der Waals surface area contributed by atoms with E-state index >= 15 is 0 Å². The Bertz CT molecular complexity index is 1730. The van der Waals surface area contributed by atoms with Gasteiger partial charge in [0.2, 0.25) is 5.91 Å². The summed E-state index contributed by atoms with van der Waals surface area (Å²) in [6.07, 6.45) is 26.5. The van der Waals surface area contributed by atoms with Crippen LogP contribution in [0, 0.1) is 0 Å². The van der Waals surface area contributed by atoms with E-state index in [1.165, 1.54) is 109 Å². The quantitative estimate of drug-likeness (QED) is 0.0231. The summed E-state index contributed by atoms with van der Waals surface area (Å²) in [4.78, 5) is 13.3. The van der Waals surface area contributed by atoms with Gasteiger partial charge in [0, 0.05) is 6.42 Å². The molecule has 0 bridgehead atoms. The number of unbranched alkanes of at least 4 members (excludes halogenated alkanes) is 22. The number of hydrogen-bond acceptors (Lipinski definition) is 18. The highest BCUT2D eigenvalue weighted by molar-refractivity contribution is 5.76. The molecule has 82 heavy (non-hydrogen) atoms. The number of aliphatic hydroxyl groups is 11. The minimum absolute atomic E-state index is 0.198. The molecule has 17 unspecified atom stereocenters. The fourth-order valence-electron chi connectivity index (χ4n) is 10.4. The lowest BCUT2D eigenvalue weighted by atomic mass is 9.96. The Labute approximate surface area is 490 Å². The van der Waals surface area contributed by atoms with Crippen molar-refractivity contribution in [2.75, 3.05) is 26.4 Å². The largest absolute Gasteiger partial charge is 0.394 e. The number of rotatable bonds is 46. The van der Waals surface area contributed by atoms with Gasteiger partial charge in [0.15, 0.2) is 18.9 Å². The second-order valence-corrected chi connectivity index (χ2v) is 22.5. The topological polar surface area (TPSA) is 307 Å². The van der Waals surface area contributed by atoms with Crippen LogP contribution in [0.25, 0.3) is 0 Å². The van der Waals surface area contributed by atoms with Crippen molar-refractivity contribution in [3.63, 3.8) is 0 Å². The maximum absolute atomic E-state index is 13.3. The summed E-state index contributed by atoms with van der Waals surface area (Å²) in [6.45, 7) is 1.56. The molecule has 3 aliphatic rings. The van der Waals surface area contributed by atoms with Gasteiger partial charge in [-0.25, -0.2) is 0 Å². The van der Waals surface area contributed by atoms with Crippen molar-refractivity contribution >= 4 is 5.91 Å². The highest BCUT2D eigenvalue weighted by Crippen LogP contribution is 2.33. The van der Waals surface area contributed by atoms with Gasteiger partial charge in [-0.1, -0.05) is 190 Å². The van der Waals surface area contributed by atoms with Crippen LogP contribution in [0.4, 0.5) is 0 Å². The standard InChI is InChI=1S/C63H111NO18/c1-3-5-7-9-11-13-15-17-18-19-20-21-22-23-24-25-26-27-29-30-32-34-36-38-40-47(68)46(64-51(69)41-39-37-35-33-31-28-16-14-12-10-8-6-4-2)45-77-61-57(75)54(72)59(49(43-66)79-61)82-63-58(76)55(73)60(50(44-67)80-63)81-62-56(74)53(71)52(70)48(42-65)78-62/h6,8,12,14,28,30-32,38,40,46-50,52-63,65-68,70-76H,3-5,7,9-11,13,15-27,29,33-37,39,41-45H2,1-2H3,(H,64,69)/b8-6-,14-12-,31-28-,32-30+,40-38+. The average Bonchev–Trinajstić information content (AvgIpc) is 3.42. The van der Waals surface area contributed by atoms with Crippen LogP contribution in [0.15, 0.2) is 60.8 Å². The van der Waals surface area contributed by atoms with E-state index in [1.54, 1.807) is 6.08 Å². The smallest absolute Gasteiger partial charge is 0.220 e. The average molecular weight is 1170 g/mol. The molecule has 0 aromatic carbocycles. The van der Waals surface area contributed by atoms with E-state index < -0.39 is 124 Å². The van der Waals surface area contributed by atoms with E-state index in [1.807, 2.05) is 6.08 Å². The second kappa shape index (κ2) is 45.8. The molecule has 0 radical (unpaired) electrons. The monoisotopic (exact) mass is 1170 g/mol. The van der Waals surface area contributed by atoms with Crippen LogP contribution >= 0.6 is 0 Å². The van der Waals surface area contributed by atoms with Crippen LogP contribution in [-0.2, 0) is 33.2 Å². The number of carbonyl (C=O) groups is 1. The molecule has 0 aromatic heterocycles. The van der Waals surface area contributed by atoms with Crippen LogP contribution in [0.5, 0.6) is 0 Å². The summed E-state index contributed by atoms with van der Waals surface area (Å²) in [5.74, 6) is -0.316. The van der Waals surface area contributed by atoms with Crippen LogP contribution < -0.4 is 5.32 Å². The molecular formula is C63H111NO18. The molecule has 3 heterocycles. The molecule has 3 saturated heterocycles. The van der Waals surface area contributed by atoms with Crippen molar-refractivity contribution in [3.8, 4) is 0 Å². The van der Waals surface area contributed by atoms with Gasteiger partial charge in [0.1, 0.15) is 73.2 Å². The first-order valence-electron chi connectivity index (χ1n) is 31.5. The van der Waals surface area contributed by atoms with E-state index in [9.17, 15) is 61.0 Å². The number of ether oxygens (including phenoxy) is 6. The zero-order valence-corrected chi connectivity index (χ0v) is 49.7. The lowest BCUT2D eigenvalue weighted by molar-refractivity contribution is -0.379. The molecule has 0 aliphatic carbocycles. The molecule has 3 rings (SSSR count). The van der Waals surface area contributed by atoms with Gasteiger partial charge in [-0.15, -0.1) is 0 Å². The third kappa shape index (κ3) is 28.8. The van der Waals surface area contributed by atoms with E-state index in [0.717, 1.165) is 57.8 Å². The molecule has 476 valence electrons. The number of hydrogen-bond donors (Lipinski definition) is 12. The first kappa shape index (κ1) is 73.7. The van der Waals surface area contributed by atoms with Crippen LogP contribution in [0.3, 0.4) is 0 Å². The molecule has 1 amide bonds. The van der Waals surface area contributed by atoms with Gasteiger partial charge in [0.25, 0.3) is 0 Å². The Kier molecular flexibility index (Phi) is 41.2. The fraction of sp³-hybridized carbons (Fsp3) is 0.825. The maximum atomic E-state index is 13.3. The molecule has 0 saturated carbocycles. The van der Waals surface area contributed by atoms with Crippen LogP contribution in [0.2, 0.25) is 0 Å².